The van der Waals surface area contributed by atoms with Crippen LogP contribution in [-0.4, -0.2) is 13.1 Å². The first kappa shape index (κ1) is 12.7. The number of anilines is 1. The average Bonchev–Trinajstić information content (AvgIpc) is 2.53. The zero-order valence-electron chi connectivity index (χ0n) is 10.6. The van der Waals surface area contributed by atoms with Gasteiger partial charge in [0.05, 0.1) is 5.69 Å². The van der Waals surface area contributed by atoms with Gasteiger partial charge in [0.2, 0.25) is 0 Å². The quantitative estimate of drug-likeness (QED) is 0.663. The third kappa shape index (κ3) is 2.38. The van der Waals surface area contributed by atoms with Gasteiger partial charge in [-0.2, -0.15) is 0 Å². The molecule has 0 unspecified atom stereocenters. The summed E-state index contributed by atoms with van der Waals surface area (Å²) < 4.78 is 14.1. The van der Waals surface area contributed by atoms with E-state index >= 15 is 0 Å². The minimum Gasteiger partial charge on any atom is -0.369 e. The molecule has 1 nitrogen and oxygen atoms in total. The molecule has 3 heteroatoms. The lowest BCUT2D eigenvalue weighted by molar-refractivity contribution is 0.180. The van der Waals surface area contributed by atoms with Gasteiger partial charge in [-0.05, 0) is 53.6 Å². The van der Waals surface area contributed by atoms with Crippen molar-refractivity contribution >= 4 is 28.3 Å². The van der Waals surface area contributed by atoms with E-state index in [0.29, 0.717) is 5.41 Å². The van der Waals surface area contributed by atoms with E-state index in [1.54, 1.807) is 12.1 Å². The molecular weight excluding hydrogens is 340 g/mol. The largest absolute Gasteiger partial charge is 0.369 e. The number of benzene rings is 1. The van der Waals surface area contributed by atoms with E-state index in [4.69, 9.17) is 0 Å². The first-order chi connectivity index (χ1) is 8.69. The van der Waals surface area contributed by atoms with Crippen molar-refractivity contribution in [2.45, 2.75) is 38.5 Å². The van der Waals surface area contributed by atoms with Gasteiger partial charge in [-0.25, -0.2) is 4.39 Å². The van der Waals surface area contributed by atoms with Crippen LogP contribution in [0.2, 0.25) is 0 Å². The Labute approximate surface area is 122 Å². The molecule has 0 N–H and O–H groups in total. The molecule has 0 aromatic heterocycles. The highest BCUT2D eigenvalue weighted by molar-refractivity contribution is 14.1. The monoisotopic (exact) mass is 359 g/mol. The Balaban J connectivity index is 1.70. The fourth-order valence-electron chi connectivity index (χ4n) is 3.47. The summed E-state index contributed by atoms with van der Waals surface area (Å²) >= 11 is 2.24. The Morgan fingerprint density at radius 3 is 2.33 bits per heavy atom. The zero-order valence-corrected chi connectivity index (χ0v) is 12.7. The highest BCUT2D eigenvalue weighted by Gasteiger charge is 2.42. The van der Waals surface area contributed by atoms with E-state index in [0.717, 1.165) is 3.57 Å². The number of halogens is 2. The minimum atomic E-state index is -0.132. The van der Waals surface area contributed by atoms with Gasteiger partial charge >= 0.3 is 0 Å². The normalized spacial score (nSPS) is 22.7. The molecule has 1 heterocycles. The summed E-state index contributed by atoms with van der Waals surface area (Å²) in [4.78, 5) is 2.42. The fourth-order valence-corrected chi connectivity index (χ4v) is 4.28. The maximum atomic E-state index is 13.1. The zero-order chi connectivity index (χ0) is 12.6. The molecule has 2 fully saturated rings. The molecular formula is C15H19FIN. The van der Waals surface area contributed by atoms with Crippen LogP contribution in [0.15, 0.2) is 18.2 Å². The van der Waals surface area contributed by atoms with Gasteiger partial charge in [-0.3, -0.25) is 0 Å². The van der Waals surface area contributed by atoms with Crippen LogP contribution in [-0.2, 0) is 0 Å². The summed E-state index contributed by atoms with van der Waals surface area (Å²) in [5, 5.41) is 0. The lowest BCUT2D eigenvalue weighted by Crippen LogP contribution is -2.56. The Morgan fingerprint density at radius 2 is 1.72 bits per heavy atom. The second-order valence-corrected chi connectivity index (χ2v) is 7.03. The Kier molecular flexibility index (Phi) is 3.52. The molecule has 3 rings (SSSR count). The van der Waals surface area contributed by atoms with Gasteiger partial charge in [0.15, 0.2) is 0 Å². The molecule has 1 aromatic rings. The molecule has 98 valence electrons. The molecule has 0 bridgehead atoms. The predicted octanol–water partition coefficient (Wildman–Crippen LogP) is 4.59. The molecule has 1 saturated heterocycles. The highest BCUT2D eigenvalue weighted by atomic mass is 127. The maximum absolute atomic E-state index is 13.1. The third-order valence-electron chi connectivity index (χ3n) is 4.47. The van der Waals surface area contributed by atoms with Crippen LogP contribution >= 0.6 is 22.6 Å². The molecule has 18 heavy (non-hydrogen) atoms. The third-order valence-corrected chi connectivity index (χ3v) is 5.33. The Bertz CT molecular complexity index is 430. The maximum Gasteiger partial charge on any atom is 0.124 e. The van der Waals surface area contributed by atoms with Crippen LogP contribution in [0.25, 0.3) is 0 Å². The number of nitrogens with zero attached hydrogens (tertiary/aromatic N) is 1. The van der Waals surface area contributed by atoms with E-state index in [1.165, 1.54) is 57.3 Å². The standard InChI is InChI=1S/C15H19FIN/c16-12-5-6-14(13(17)9-12)18-10-15(11-18)7-3-1-2-4-8-15/h5-6,9H,1-4,7-8,10-11H2. The van der Waals surface area contributed by atoms with Crippen molar-refractivity contribution in [2.75, 3.05) is 18.0 Å². The summed E-state index contributed by atoms with van der Waals surface area (Å²) in [6.45, 7) is 2.35. The summed E-state index contributed by atoms with van der Waals surface area (Å²) in [6, 6.07) is 5.14. The molecule has 1 aliphatic carbocycles. The SMILES string of the molecule is Fc1ccc(N2CC3(CCCCCC3)C2)c(I)c1. The van der Waals surface area contributed by atoms with Gasteiger partial charge in [-0.1, -0.05) is 25.7 Å². The molecule has 1 saturated carbocycles. The highest BCUT2D eigenvalue weighted by Crippen LogP contribution is 2.45. The van der Waals surface area contributed by atoms with Crippen LogP contribution in [0.3, 0.4) is 0 Å². The van der Waals surface area contributed by atoms with Gasteiger partial charge in [0.25, 0.3) is 0 Å². The topological polar surface area (TPSA) is 3.24 Å². The van der Waals surface area contributed by atoms with Gasteiger partial charge in [-0.15, -0.1) is 0 Å². The summed E-state index contributed by atoms with van der Waals surface area (Å²) in [5.41, 5.74) is 1.79. The number of hydrogen-bond donors (Lipinski definition) is 0. The Morgan fingerprint density at radius 1 is 1.06 bits per heavy atom. The van der Waals surface area contributed by atoms with E-state index in [1.807, 2.05) is 6.07 Å². The second-order valence-electron chi connectivity index (χ2n) is 5.87. The molecule has 0 amide bonds. The van der Waals surface area contributed by atoms with E-state index < -0.39 is 0 Å². The smallest absolute Gasteiger partial charge is 0.124 e. The van der Waals surface area contributed by atoms with Crippen LogP contribution < -0.4 is 4.90 Å². The molecule has 1 aliphatic heterocycles. The van der Waals surface area contributed by atoms with Crippen molar-refractivity contribution in [1.29, 1.82) is 0 Å². The summed E-state index contributed by atoms with van der Waals surface area (Å²) in [7, 11) is 0. The molecule has 0 atom stereocenters. The molecule has 1 aromatic carbocycles. The first-order valence-corrected chi connectivity index (χ1v) is 7.97. The van der Waals surface area contributed by atoms with Crippen molar-refractivity contribution in [2.24, 2.45) is 5.41 Å². The Hall–Kier alpha value is -0.320. The lowest BCUT2D eigenvalue weighted by atomic mass is 9.73. The predicted molar refractivity (Wildman–Crippen MR) is 81.5 cm³/mol. The van der Waals surface area contributed by atoms with Crippen molar-refractivity contribution in [3.8, 4) is 0 Å². The van der Waals surface area contributed by atoms with Crippen molar-refractivity contribution in [1.82, 2.24) is 0 Å². The first-order valence-electron chi connectivity index (χ1n) is 6.89. The van der Waals surface area contributed by atoms with Crippen molar-refractivity contribution < 1.29 is 4.39 Å². The van der Waals surface area contributed by atoms with Crippen LogP contribution in [0.1, 0.15) is 38.5 Å². The molecule has 2 aliphatic rings. The fraction of sp³-hybridized carbons (Fsp3) is 0.600. The van der Waals surface area contributed by atoms with Crippen LogP contribution in [0.5, 0.6) is 0 Å². The van der Waals surface area contributed by atoms with Crippen LogP contribution in [0, 0.1) is 14.8 Å². The van der Waals surface area contributed by atoms with E-state index in [9.17, 15) is 4.39 Å². The van der Waals surface area contributed by atoms with E-state index in [-0.39, 0.29) is 5.82 Å². The molecule has 0 radical (unpaired) electrons. The van der Waals surface area contributed by atoms with Crippen LogP contribution in [0.4, 0.5) is 10.1 Å². The van der Waals surface area contributed by atoms with Gasteiger partial charge in [0.1, 0.15) is 5.82 Å². The minimum absolute atomic E-state index is 0.132. The summed E-state index contributed by atoms with van der Waals surface area (Å²) in [5.74, 6) is -0.132. The van der Waals surface area contributed by atoms with Gasteiger partial charge in [0, 0.05) is 22.1 Å². The second kappa shape index (κ2) is 4.99. The number of hydrogen-bond acceptors (Lipinski definition) is 1. The van der Waals surface area contributed by atoms with Crippen molar-refractivity contribution in [3.05, 3.63) is 27.6 Å². The van der Waals surface area contributed by atoms with Gasteiger partial charge < -0.3 is 4.90 Å². The van der Waals surface area contributed by atoms with Crippen molar-refractivity contribution in [3.63, 3.8) is 0 Å². The summed E-state index contributed by atoms with van der Waals surface area (Å²) in [6.07, 6.45) is 8.40. The average molecular weight is 359 g/mol. The number of rotatable bonds is 1. The lowest BCUT2D eigenvalue weighted by Gasteiger charge is -2.52. The van der Waals surface area contributed by atoms with E-state index in [2.05, 4.69) is 27.5 Å². The molecule has 1 spiro atoms.